The minimum Gasteiger partial charge on any atom is -0.507 e. The van der Waals surface area contributed by atoms with E-state index < -0.39 is 5.97 Å². The Labute approximate surface area is 103 Å². The van der Waals surface area contributed by atoms with E-state index in [2.05, 4.69) is 5.10 Å². The van der Waals surface area contributed by atoms with Gasteiger partial charge in [-0.25, -0.2) is 4.79 Å². The van der Waals surface area contributed by atoms with Gasteiger partial charge in [0.2, 0.25) is 0 Å². The number of aliphatic hydroxyl groups excluding tert-OH is 1. The summed E-state index contributed by atoms with van der Waals surface area (Å²) in [5.74, 6) is -1.20. The number of carboxylic acid groups (broad SMARTS) is 1. The third kappa shape index (κ3) is 1.93. The lowest BCUT2D eigenvalue weighted by atomic mass is 10.1. The molecular formula is C12H12N2O4. The Balaban J connectivity index is 2.58. The molecule has 94 valence electrons. The molecule has 1 aromatic carbocycles. The zero-order valence-electron chi connectivity index (χ0n) is 9.66. The maximum atomic E-state index is 10.8. The number of nitrogens with zero attached hydrogens (tertiary/aromatic N) is 2. The highest BCUT2D eigenvalue weighted by Crippen LogP contribution is 2.32. The number of aliphatic hydroxyl groups is 1. The highest BCUT2D eigenvalue weighted by Gasteiger charge is 2.16. The average molecular weight is 248 g/mol. The summed E-state index contributed by atoms with van der Waals surface area (Å²) in [6.45, 7) is -0.288. The lowest BCUT2D eigenvalue weighted by Gasteiger charge is -2.07. The summed E-state index contributed by atoms with van der Waals surface area (Å²) < 4.78 is 1.37. The van der Waals surface area contributed by atoms with Crippen molar-refractivity contribution in [2.45, 2.75) is 6.61 Å². The second kappa shape index (κ2) is 4.50. The van der Waals surface area contributed by atoms with Gasteiger partial charge >= 0.3 is 5.97 Å². The molecule has 6 nitrogen and oxygen atoms in total. The average Bonchev–Trinajstić information content (AvgIpc) is 2.72. The Kier molecular flexibility index (Phi) is 3.03. The van der Waals surface area contributed by atoms with E-state index in [1.165, 1.54) is 10.7 Å². The number of aryl methyl sites for hydroxylation is 1. The van der Waals surface area contributed by atoms with Crippen LogP contribution in [0.4, 0.5) is 0 Å². The molecule has 0 unspecified atom stereocenters. The molecule has 6 heteroatoms. The van der Waals surface area contributed by atoms with Crippen LogP contribution in [0.15, 0.2) is 24.3 Å². The number of carbonyl (C=O) groups is 1. The highest BCUT2D eigenvalue weighted by atomic mass is 16.4. The molecule has 2 aromatic rings. The topological polar surface area (TPSA) is 95.6 Å². The molecule has 0 saturated carbocycles. The van der Waals surface area contributed by atoms with Crippen molar-refractivity contribution >= 4 is 5.97 Å². The Morgan fingerprint density at radius 1 is 1.44 bits per heavy atom. The smallest absolute Gasteiger partial charge is 0.356 e. The van der Waals surface area contributed by atoms with E-state index >= 15 is 0 Å². The minimum absolute atomic E-state index is 0.0695. The van der Waals surface area contributed by atoms with Crippen molar-refractivity contribution in [3.63, 3.8) is 0 Å². The summed E-state index contributed by atoms with van der Waals surface area (Å²) in [5, 5.41) is 31.7. The molecule has 0 atom stereocenters. The number of rotatable bonds is 3. The van der Waals surface area contributed by atoms with Gasteiger partial charge in [-0.05, 0) is 12.1 Å². The number of hydrogen-bond donors (Lipinski definition) is 3. The van der Waals surface area contributed by atoms with Crippen molar-refractivity contribution in [3.8, 4) is 17.0 Å². The van der Waals surface area contributed by atoms with Crippen molar-refractivity contribution in [3.05, 3.63) is 35.5 Å². The van der Waals surface area contributed by atoms with Gasteiger partial charge in [0.15, 0.2) is 5.69 Å². The molecule has 2 rings (SSSR count). The van der Waals surface area contributed by atoms with Gasteiger partial charge in [-0.1, -0.05) is 12.1 Å². The molecule has 1 heterocycles. The SMILES string of the molecule is Cn1nc(C(=O)O)cc1-c1cccc(CO)c1O. The van der Waals surface area contributed by atoms with Gasteiger partial charge in [0.05, 0.1) is 12.3 Å². The molecule has 0 fully saturated rings. The molecule has 0 radical (unpaired) electrons. The summed E-state index contributed by atoms with van der Waals surface area (Å²) in [6.07, 6.45) is 0. The Bertz CT molecular complexity index is 604. The largest absolute Gasteiger partial charge is 0.507 e. The van der Waals surface area contributed by atoms with Crippen LogP contribution in [0.1, 0.15) is 16.1 Å². The molecule has 0 saturated heterocycles. The number of hydrogen-bond acceptors (Lipinski definition) is 4. The number of carboxylic acids is 1. The van der Waals surface area contributed by atoms with Crippen molar-refractivity contribution in [2.75, 3.05) is 0 Å². The van der Waals surface area contributed by atoms with E-state index in [9.17, 15) is 9.90 Å². The van der Waals surface area contributed by atoms with E-state index in [1.807, 2.05) is 0 Å². The Hall–Kier alpha value is -2.34. The summed E-state index contributed by atoms with van der Waals surface area (Å²) in [6, 6.07) is 6.27. The van der Waals surface area contributed by atoms with Crippen LogP contribution in [-0.2, 0) is 13.7 Å². The second-order valence-electron chi connectivity index (χ2n) is 3.81. The summed E-state index contributed by atoms with van der Waals surface area (Å²) >= 11 is 0. The summed E-state index contributed by atoms with van der Waals surface area (Å²) in [4.78, 5) is 10.8. The zero-order chi connectivity index (χ0) is 13.3. The molecule has 0 amide bonds. The summed E-state index contributed by atoms with van der Waals surface area (Å²) in [7, 11) is 1.59. The third-order valence-electron chi connectivity index (χ3n) is 2.66. The van der Waals surface area contributed by atoms with Crippen LogP contribution in [0.25, 0.3) is 11.3 Å². The van der Waals surface area contributed by atoms with Crippen molar-refractivity contribution in [1.29, 1.82) is 0 Å². The first kappa shape index (κ1) is 12.1. The fraction of sp³-hybridized carbons (Fsp3) is 0.167. The van der Waals surface area contributed by atoms with Gasteiger partial charge in [-0.15, -0.1) is 0 Å². The van der Waals surface area contributed by atoms with E-state index in [0.717, 1.165) is 0 Å². The van der Waals surface area contributed by atoms with Crippen LogP contribution in [-0.4, -0.2) is 31.1 Å². The predicted octanol–water partition coefficient (Wildman–Crippen LogP) is 0.983. The van der Waals surface area contributed by atoms with Crippen molar-refractivity contribution in [2.24, 2.45) is 7.05 Å². The first-order chi connectivity index (χ1) is 8.54. The molecule has 0 bridgehead atoms. The standard InChI is InChI=1S/C12H12N2O4/c1-14-10(5-9(13-14)12(17)18)8-4-2-3-7(6-15)11(8)16/h2-5,15-16H,6H2,1H3,(H,17,18). The molecule has 1 aromatic heterocycles. The van der Waals surface area contributed by atoms with Gasteiger partial charge in [0.25, 0.3) is 0 Å². The number of benzene rings is 1. The Morgan fingerprint density at radius 3 is 2.72 bits per heavy atom. The number of para-hydroxylation sites is 1. The maximum absolute atomic E-state index is 10.8. The van der Waals surface area contributed by atoms with Gasteiger partial charge in [-0.3, -0.25) is 4.68 Å². The predicted molar refractivity (Wildman–Crippen MR) is 63.2 cm³/mol. The molecule has 0 spiro atoms. The van der Waals surface area contributed by atoms with E-state index in [0.29, 0.717) is 16.8 Å². The zero-order valence-corrected chi connectivity index (χ0v) is 9.66. The van der Waals surface area contributed by atoms with Crippen LogP contribution in [0.2, 0.25) is 0 Å². The lowest BCUT2D eigenvalue weighted by Crippen LogP contribution is -1.99. The van der Waals surface area contributed by atoms with Gasteiger partial charge in [-0.2, -0.15) is 5.10 Å². The van der Waals surface area contributed by atoms with Crippen molar-refractivity contribution in [1.82, 2.24) is 9.78 Å². The molecule has 18 heavy (non-hydrogen) atoms. The summed E-state index contributed by atoms with van der Waals surface area (Å²) in [5.41, 5.74) is 1.19. The maximum Gasteiger partial charge on any atom is 0.356 e. The number of aromatic nitrogens is 2. The quantitative estimate of drug-likeness (QED) is 0.752. The van der Waals surface area contributed by atoms with E-state index in [-0.39, 0.29) is 18.1 Å². The third-order valence-corrected chi connectivity index (χ3v) is 2.66. The minimum atomic E-state index is -1.13. The number of aromatic hydroxyl groups is 1. The van der Waals surface area contributed by atoms with Gasteiger partial charge in [0, 0.05) is 18.2 Å². The molecule has 0 aliphatic heterocycles. The number of phenols is 1. The van der Waals surface area contributed by atoms with Crippen LogP contribution < -0.4 is 0 Å². The molecular weight excluding hydrogens is 236 g/mol. The monoisotopic (exact) mass is 248 g/mol. The molecule has 0 aliphatic rings. The fourth-order valence-corrected chi connectivity index (χ4v) is 1.75. The van der Waals surface area contributed by atoms with Gasteiger partial charge < -0.3 is 15.3 Å². The second-order valence-corrected chi connectivity index (χ2v) is 3.81. The van der Waals surface area contributed by atoms with E-state index in [4.69, 9.17) is 10.2 Å². The van der Waals surface area contributed by atoms with Crippen LogP contribution >= 0.6 is 0 Å². The van der Waals surface area contributed by atoms with Crippen LogP contribution in [0.3, 0.4) is 0 Å². The van der Waals surface area contributed by atoms with Gasteiger partial charge in [0.1, 0.15) is 5.75 Å². The first-order valence-electron chi connectivity index (χ1n) is 5.24. The highest BCUT2D eigenvalue weighted by molar-refractivity contribution is 5.87. The lowest BCUT2D eigenvalue weighted by molar-refractivity contribution is 0.0689. The molecule has 3 N–H and O–H groups in total. The normalized spacial score (nSPS) is 10.6. The fourth-order valence-electron chi connectivity index (χ4n) is 1.75. The van der Waals surface area contributed by atoms with Crippen LogP contribution in [0.5, 0.6) is 5.75 Å². The molecule has 0 aliphatic carbocycles. The first-order valence-corrected chi connectivity index (χ1v) is 5.24. The Morgan fingerprint density at radius 2 is 2.17 bits per heavy atom. The van der Waals surface area contributed by atoms with E-state index in [1.54, 1.807) is 25.2 Å². The van der Waals surface area contributed by atoms with Crippen LogP contribution in [0, 0.1) is 0 Å². The van der Waals surface area contributed by atoms with Crippen molar-refractivity contribution < 1.29 is 20.1 Å². The number of aromatic carboxylic acids is 1.